The van der Waals surface area contributed by atoms with E-state index in [-0.39, 0.29) is 0 Å². The first-order chi connectivity index (χ1) is 5.57. The Kier molecular flexibility index (Phi) is 1.29. The SMILES string of the molecule is COC(=O)C12NCCC1C2(F)F. The van der Waals surface area contributed by atoms with Crippen molar-refractivity contribution in [2.75, 3.05) is 13.7 Å². The molecule has 0 bridgehead atoms. The van der Waals surface area contributed by atoms with E-state index in [1.165, 1.54) is 0 Å². The van der Waals surface area contributed by atoms with E-state index in [0.29, 0.717) is 13.0 Å². The Hall–Kier alpha value is -0.710. The molecule has 0 aromatic carbocycles. The summed E-state index contributed by atoms with van der Waals surface area (Å²) in [4.78, 5) is 11.0. The van der Waals surface area contributed by atoms with Crippen LogP contribution in [0.1, 0.15) is 6.42 Å². The van der Waals surface area contributed by atoms with Gasteiger partial charge < -0.3 is 4.74 Å². The molecule has 0 spiro atoms. The Morgan fingerprint density at radius 2 is 2.33 bits per heavy atom. The predicted octanol–water partition coefficient (Wildman–Crippen LogP) is 0.157. The van der Waals surface area contributed by atoms with Crippen molar-refractivity contribution in [1.29, 1.82) is 0 Å². The molecule has 1 aliphatic carbocycles. The Morgan fingerprint density at radius 1 is 1.67 bits per heavy atom. The van der Waals surface area contributed by atoms with Crippen molar-refractivity contribution in [1.82, 2.24) is 5.32 Å². The van der Waals surface area contributed by atoms with Crippen LogP contribution in [0.25, 0.3) is 0 Å². The number of halogens is 2. The van der Waals surface area contributed by atoms with Crippen LogP contribution in [0.2, 0.25) is 0 Å². The second-order valence-electron chi connectivity index (χ2n) is 3.19. The maximum atomic E-state index is 13.0. The zero-order valence-electron chi connectivity index (χ0n) is 6.56. The van der Waals surface area contributed by atoms with Crippen molar-refractivity contribution in [3.63, 3.8) is 0 Å². The number of alkyl halides is 2. The first kappa shape index (κ1) is 7.91. The third-order valence-corrected chi connectivity index (χ3v) is 2.75. The van der Waals surface area contributed by atoms with Gasteiger partial charge in [-0.25, -0.2) is 13.6 Å². The molecule has 2 atom stereocenters. The standard InChI is InChI=1S/C7H9F2NO2/c1-12-5(11)6-4(2-3-10-6)7(6,8)9/h4,10H,2-3H2,1H3. The van der Waals surface area contributed by atoms with Gasteiger partial charge in [-0.3, -0.25) is 5.32 Å². The van der Waals surface area contributed by atoms with Crippen LogP contribution in [0.15, 0.2) is 0 Å². The number of carbonyl (C=O) groups excluding carboxylic acids is 1. The second-order valence-corrected chi connectivity index (χ2v) is 3.19. The Balaban J connectivity index is 2.27. The van der Waals surface area contributed by atoms with Crippen molar-refractivity contribution in [3.8, 4) is 0 Å². The van der Waals surface area contributed by atoms with E-state index in [1.807, 2.05) is 0 Å². The summed E-state index contributed by atoms with van der Waals surface area (Å²) in [6.45, 7) is 0.468. The minimum atomic E-state index is -2.90. The van der Waals surface area contributed by atoms with Gasteiger partial charge in [0.25, 0.3) is 5.92 Å². The van der Waals surface area contributed by atoms with Gasteiger partial charge in [-0.1, -0.05) is 0 Å². The summed E-state index contributed by atoms with van der Waals surface area (Å²) in [7, 11) is 1.13. The van der Waals surface area contributed by atoms with Gasteiger partial charge in [0.15, 0.2) is 5.54 Å². The number of ether oxygens (including phenoxy) is 1. The molecule has 5 heteroatoms. The van der Waals surface area contributed by atoms with E-state index in [2.05, 4.69) is 10.1 Å². The van der Waals surface area contributed by atoms with E-state index in [1.54, 1.807) is 0 Å². The van der Waals surface area contributed by atoms with E-state index in [0.717, 1.165) is 7.11 Å². The fourth-order valence-corrected chi connectivity index (χ4v) is 2.04. The number of carbonyl (C=O) groups is 1. The summed E-state index contributed by atoms with van der Waals surface area (Å²) in [5.41, 5.74) is -1.68. The van der Waals surface area contributed by atoms with Gasteiger partial charge in [0.05, 0.1) is 13.0 Å². The topological polar surface area (TPSA) is 38.3 Å². The normalized spacial score (nSPS) is 42.1. The molecule has 0 aromatic rings. The summed E-state index contributed by atoms with van der Waals surface area (Å²) in [5.74, 6) is -4.59. The van der Waals surface area contributed by atoms with Gasteiger partial charge in [-0.2, -0.15) is 0 Å². The van der Waals surface area contributed by atoms with Gasteiger partial charge >= 0.3 is 5.97 Å². The van der Waals surface area contributed by atoms with Crippen LogP contribution in [0.4, 0.5) is 8.78 Å². The van der Waals surface area contributed by atoms with Crippen LogP contribution >= 0.6 is 0 Å². The van der Waals surface area contributed by atoms with Crippen molar-refractivity contribution < 1.29 is 18.3 Å². The zero-order valence-corrected chi connectivity index (χ0v) is 6.56. The van der Waals surface area contributed by atoms with Gasteiger partial charge in [0.1, 0.15) is 0 Å². The molecule has 2 rings (SSSR count). The molecule has 1 saturated heterocycles. The molecule has 68 valence electrons. The van der Waals surface area contributed by atoms with Gasteiger partial charge in [0, 0.05) is 0 Å². The van der Waals surface area contributed by atoms with Crippen molar-refractivity contribution in [3.05, 3.63) is 0 Å². The largest absolute Gasteiger partial charge is 0.467 e. The fraction of sp³-hybridized carbons (Fsp3) is 0.857. The van der Waals surface area contributed by atoms with Crippen molar-refractivity contribution >= 4 is 5.97 Å². The lowest BCUT2D eigenvalue weighted by Crippen LogP contribution is -2.43. The first-order valence-electron chi connectivity index (χ1n) is 3.78. The molecule has 1 aliphatic heterocycles. The number of rotatable bonds is 1. The van der Waals surface area contributed by atoms with E-state index in [9.17, 15) is 13.6 Å². The second kappa shape index (κ2) is 1.96. The Labute approximate surface area is 68.1 Å². The molecule has 0 amide bonds. The first-order valence-corrected chi connectivity index (χ1v) is 3.78. The maximum Gasteiger partial charge on any atom is 0.332 e. The number of hydrogen-bond donors (Lipinski definition) is 1. The van der Waals surface area contributed by atoms with Crippen LogP contribution < -0.4 is 5.32 Å². The molecule has 0 aromatic heterocycles. The van der Waals surface area contributed by atoms with Gasteiger partial charge in [-0.05, 0) is 13.0 Å². The molecule has 1 N–H and O–H groups in total. The van der Waals surface area contributed by atoms with Crippen LogP contribution in [-0.4, -0.2) is 31.1 Å². The lowest BCUT2D eigenvalue weighted by atomic mass is 10.2. The summed E-state index contributed by atoms with van der Waals surface area (Å²) >= 11 is 0. The number of piperidine rings is 1. The Bertz CT molecular complexity index is 244. The summed E-state index contributed by atoms with van der Waals surface area (Å²) < 4.78 is 30.3. The summed E-state index contributed by atoms with van der Waals surface area (Å²) in [5, 5.41) is 2.52. The highest BCUT2D eigenvalue weighted by Gasteiger charge is 2.87. The third kappa shape index (κ3) is 0.576. The molecule has 2 fully saturated rings. The molecule has 1 heterocycles. The molecule has 0 radical (unpaired) electrons. The van der Waals surface area contributed by atoms with Crippen LogP contribution in [0.3, 0.4) is 0 Å². The average molecular weight is 177 g/mol. The molecule has 3 nitrogen and oxygen atoms in total. The summed E-state index contributed by atoms with van der Waals surface area (Å²) in [6, 6.07) is 0. The number of hydrogen-bond acceptors (Lipinski definition) is 3. The summed E-state index contributed by atoms with van der Waals surface area (Å²) in [6.07, 6.45) is 0.349. The molecule has 12 heavy (non-hydrogen) atoms. The zero-order chi connectivity index (χ0) is 8.98. The maximum absolute atomic E-state index is 13.0. The van der Waals surface area contributed by atoms with Crippen molar-refractivity contribution in [2.45, 2.75) is 17.9 Å². The smallest absolute Gasteiger partial charge is 0.332 e. The van der Waals surface area contributed by atoms with Gasteiger partial charge in [0.2, 0.25) is 0 Å². The number of fused-ring (bicyclic) bond motifs is 1. The van der Waals surface area contributed by atoms with Crippen LogP contribution in [-0.2, 0) is 9.53 Å². The highest BCUT2D eigenvalue weighted by atomic mass is 19.3. The highest BCUT2D eigenvalue weighted by Crippen LogP contribution is 2.63. The lowest BCUT2D eigenvalue weighted by molar-refractivity contribution is -0.147. The quantitative estimate of drug-likeness (QED) is 0.580. The molecule has 1 saturated carbocycles. The van der Waals surface area contributed by atoms with E-state index < -0.39 is 23.3 Å². The minimum absolute atomic E-state index is 0.349. The molecular weight excluding hydrogens is 168 g/mol. The monoisotopic (exact) mass is 177 g/mol. The molecular formula is C7H9F2NO2. The van der Waals surface area contributed by atoms with Crippen LogP contribution in [0.5, 0.6) is 0 Å². The van der Waals surface area contributed by atoms with E-state index in [4.69, 9.17) is 0 Å². The van der Waals surface area contributed by atoms with Crippen LogP contribution in [0, 0.1) is 5.92 Å². The van der Waals surface area contributed by atoms with E-state index >= 15 is 0 Å². The molecule has 2 unspecified atom stereocenters. The fourth-order valence-electron chi connectivity index (χ4n) is 2.04. The number of esters is 1. The van der Waals surface area contributed by atoms with Gasteiger partial charge in [-0.15, -0.1) is 0 Å². The third-order valence-electron chi connectivity index (χ3n) is 2.75. The molecule has 2 aliphatic rings. The van der Waals surface area contributed by atoms with Crippen molar-refractivity contribution in [2.24, 2.45) is 5.92 Å². The highest BCUT2D eigenvalue weighted by molar-refractivity contribution is 5.88. The minimum Gasteiger partial charge on any atom is -0.467 e. The average Bonchev–Trinajstić information content (AvgIpc) is 2.48. The lowest BCUT2D eigenvalue weighted by Gasteiger charge is -2.12. The predicted molar refractivity (Wildman–Crippen MR) is 35.8 cm³/mol. The number of methoxy groups -OCH3 is 1. The number of nitrogens with one attached hydrogen (secondary N) is 1. The Morgan fingerprint density at radius 3 is 2.75 bits per heavy atom.